The van der Waals surface area contributed by atoms with Gasteiger partial charge in [-0.3, -0.25) is 4.79 Å². The van der Waals surface area contributed by atoms with Crippen LogP contribution in [0.25, 0.3) is 0 Å². The quantitative estimate of drug-likeness (QED) is 0.664. The Hall–Kier alpha value is -1.09. The van der Waals surface area contributed by atoms with E-state index in [1.807, 2.05) is 18.2 Å². The minimum Gasteiger partial charge on any atom is -0.460 e. The molecule has 1 aliphatic carbocycles. The van der Waals surface area contributed by atoms with E-state index < -0.39 is 0 Å². The second-order valence-corrected chi connectivity index (χ2v) is 3.08. The number of hydrogen-bond acceptors (Lipinski definition) is 3. The highest BCUT2D eigenvalue weighted by atomic mass is 16.5. The highest BCUT2D eigenvalue weighted by Crippen LogP contribution is 2.17. The maximum Gasteiger partial charge on any atom is 0.302 e. The van der Waals surface area contributed by atoms with Crippen LogP contribution >= 0.6 is 0 Å². The summed E-state index contributed by atoms with van der Waals surface area (Å²) in [5.41, 5.74) is 1.19. The van der Waals surface area contributed by atoms with Gasteiger partial charge in [-0.15, -0.1) is 0 Å². The normalized spacial score (nSPS) is 16.9. The van der Waals surface area contributed by atoms with Crippen LogP contribution < -0.4 is 0 Å². The number of carbonyl (C=O) groups is 1. The van der Waals surface area contributed by atoms with Crippen molar-refractivity contribution in [2.24, 2.45) is 0 Å². The van der Waals surface area contributed by atoms with Gasteiger partial charge in [0.1, 0.15) is 6.10 Å². The van der Waals surface area contributed by atoms with Gasteiger partial charge in [0.15, 0.2) is 0 Å². The lowest BCUT2D eigenvalue weighted by atomic mass is 10.1. The van der Waals surface area contributed by atoms with Crippen LogP contribution in [0.1, 0.15) is 19.8 Å². The molecule has 3 nitrogen and oxygen atoms in total. The van der Waals surface area contributed by atoms with Gasteiger partial charge in [0.2, 0.25) is 0 Å². The molecule has 1 rings (SSSR count). The summed E-state index contributed by atoms with van der Waals surface area (Å²) >= 11 is 0. The zero-order valence-electron chi connectivity index (χ0n) is 7.69. The van der Waals surface area contributed by atoms with E-state index in [2.05, 4.69) is 0 Å². The second kappa shape index (κ2) is 4.82. The molecule has 0 heterocycles. The minimum atomic E-state index is -0.386. The first kappa shape index (κ1) is 9.99. The third kappa shape index (κ3) is 3.42. The molecule has 0 bridgehead atoms. The highest BCUT2D eigenvalue weighted by molar-refractivity contribution is 5.66. The predicted octanol–water partition coefficient (Wildman–Crippen LogP) is 1.19. The lowest BCUT2D eigenvalue weighted by Crippen LogP contribution is -2.20. The molecule has 0 saturated heterocycles. The smallest absolute Gasteiger partial charge is 0.302 e. The van der Waals surface area contributed by atoms with E-state index in [4.69, 9.17) is 9.84 Å². The van der Waals surface area contributed by atoms with Gasteiger partial charge in [0, 0.05) is 13.3 Å². The van der Waals surface area contributed by atoms with Crippen LogP contribution in [0.15, 0.2) is 23.8 Å². The van der Waals surface area contributed by atoms with Gasteiger partial charge in [-0.05, 0) is 6.42 Å². The van der Waals surface area contributed by atoms with Crippen LogP contribution in [0.5, 0.6) is 0 Å². The number of ether oxygens (including phenoxy) is 1. The molecule has 0 radical (unpaired) electrons. The molecular weight excluding hydrogens is 168 g/mol. The number of esters is 1. The Morgan fingerprint density at radius 1 is 1.77 bits per heavy atom. The number of allylic oxidation sites excluding steroid dienone is 3. The Balaban J connectivity index is 2.35. The largest absolute Gasteiger partial charge is 0.460 e. The van der Waals surface area contributed by atoms with E-state index >= 15 is 0 Å². The fraction of sp³-hybridized carbons (Fsp3) is 0.500. The Morgan fingerprint density at radius 2 is 2.54 bits per heavy atom. The summed E-state index contributed by atoms with van der Waals surface area (Å²) in [5.74, 6) is -0.342. The van der Waals surface area contributed by atoms with Crippen molar-refractivity contribution in [3.8, 4) is 0 Å². The molecule has 0 fully saturated rings. The molecule has 0 saturated carbocycles. The third-order valence-electron chi connectivity index (χ3n) is 1.87. The van der Waals surface area contributed by atoms with Crippen molar-refractivity contribution in [3.05, 3.63) is 23.8 Å². The summed E-state index contributed by atoms with van der Waals surface area (Å²) in [6.45, 7) is 1.24. The molecule has 1 N–H and O–H groups in total. The van der Waals surface area contributed by atoms with Crippen molar-refractivity contribution < 1.29 is 14.6 Å². The topological polar surface area (TPSA) is 46.5 Å². The van der Waals surface area contributed by atoms with E-state index in [0.29, 0.717) is 6.42 Å². The Kier molecular flexibility index (Phi) is 3.71. The molecule has 0 unspecified atom stereocenters. The summed E-state index contributed by atoms with van der Waals surface area (Å²) in [5, 5.41) is 8.91. The van der Waals surface area contributed by atoms with Crippen LogP contribution in [-0.2, 0) is 9.53 Å². The molecule has 0 aromatic rings. The van der Waals surface area contributed by atoms with Crippen molar-refractivity contribution in [2.45, 2.75) is 25.9 Å². The summed E-state index contributed by atoms with van der Waals surface area (Å²) in [7, 11) is 0. The zero-order chi connectivity index (χ0) is 9.68. The van der Waals surface area contributed by atoms with Crippen LogP contribution in [0.3, 0.4) is 0 Å². The van der Waals surface area contributed by atoms with Gasteiger partial charge >= 0.3 is 5.97 Å². The lowest BCUT2D eigenvalue weighted by Gasteiger charge is -2.14. The van der Waals surface area contributed by atoms with Crippen molar-refractivity contribution in [1.82, 2.24) is 0 Å². The van der Waals surface area contributed by atoms with Gasteiger partial charge in [-0.1, -0.05) is 23.8 Å². The van der Waals surface area contributed by atoms with Gasteiger partial charge < -0.3 is 9.84 Å². The van der Waals surface area contributed by atoms with Crippen LogP contribution in [0.2, 0.25) is 0 Å². The highest BCUT2D eigenvalue weighted by Gasteiger charge is 2.13. The summed E-state index contributed by atoms with van der Waals surface area (Å²) in [6.07, 6.45) is 7.14. The predicted molar refractivity (Wildman–Crippen MR) is 49.1 cm³/mol. The molecule has 3 heteroatoms. The molecule has 0 aromatic heterocycles. The fourth-order valence-corrected chi connectivity index (χ4v) is 1.31. The Bertz CT molecular complexity index is 241. The Labute approximate surface area is 77.7 Å². The Morgan fingerprint density at radius 3 is 3.00 bits per heavy atom. The average Bonchev–Trinajstić information content (AvgIpc) is 2.55. The van der Waals surface area contributed by atoms with Gasteiger partial charge in [0.05, 0.1) is 6.61 Å². The molecule has 1 atom stereocenters. The first-order chi connectivity index (χ1) is 6.22. The average molecular weight is 182 g/mol. The second-order valence-electron chi connectivity index (χ2n) is 3.08. The van der Waals surface area contributed by atoms with Gasteiger partial charge in [-0.25, -0.2) is 0 Å². The summed E-state index contributed by atoms with van der Waals surface area (Å²) in [4.78, 5) is 10.6. The number of carbonyl (C=O) groups excluding carboxylic acids is 1. The molecule has 1 aliphatic rings. The van der Waals surface area contributed by atoms with E-state index in [9.17, 15) is 4.79 Å². The van der Waals surface area contributed by atoms with Crippen molar-refractivity contribution in [2.75, 3.05) is 6.61 Å². The van der Waals surface area contributed by atoms with Crippen LogP contribution in [0.4, 0.5) is 0 Å². The first-order valence-electron chi connectivity index (χ1n) is 4.35. The fourth-order valence-electron chi connectivity index (χ4n) is 1.31. The monoisotopic (exact) mass is 182 g/mol. The van der Waals surface area contributed by atoms with Gasteiger partial charge in [0.25, 0.3) is 0 Å². The molecule has 72 valence electrons. The molecule has 0 amide bonds. The third-order valence-corrected chi connectivity index (χ3v) is 1.87. The van der Waals surface area contributed by atoms with Crippen molar-refractivity contribution >= 4 is 5.97 Å². The van der Waals surface area contributed by atoms with E-state index in [1.165, 1.54) is 12.5 Å². The summed E-state index contributed by atoms with van der Waals surface area (Å²) in [6, 6.07) is 0. The van der Waals surface area contributed by atoms with E-state index in [1.54, 1.807) is 0 Å². The minimum absolute atomic E-state index is 0.114. The lowest BCUT2D eigenvalue weighted by molar-refractivity contribution is -0.148. The molecular formula is C10H14O3. The number of rotatable bonds is 4. The molecule has 0 aliphatic heterocycles. The molecule has 0 aromatic carbocycles. The van der Waals surface area contributed by atoms with Crippen LogP contribution in [0, 0.1) is 0 Å². The maximum absolute atomic E-state index is 10.6. The van der Waals surface area contributed by atoms with Crippen molar-refractivity contribution in [3.63, 3.8) is 0 Å². The van der Waals surface area contributed by atoms with Gasteiger partial charge in [-0.2, -0.15) is 0 Å². The molecule has 0 spiro atoms. The van der Waals surface area contributed by atoms with Crippen molar-refractivity contribution in [1.29, 1.82) is 0 Å². The number of aliphatic hydroxyl groups is 1. The first-order valence-corrected chi connectivity index (χ1v) is 4.35. The standard InChI is InChI=1S/C10H14O3/c1-8(12)13-10(7-11)6-9-4-2-3-5-9/h2-4,10-11H,5-7H2,1H3/t10-/m0/s1. The molecule has 13 heavy (non-hydrogen) atoms. The van der Waals surface area contributed by atoms with Crippen LogP contribution in [-0.4, -0.2) is 23.8 Å². The maximum atomic E-state index is 10.6. The SMILES string of the molecule is CC(=O)O[C@H](CO)CC1=CC=CC1. The number of aliphatic hydroxyl groups excluding tert-OH is 1. The number of hydrogen-bond donors (Lipinski definition) is 1. The van der Waals surface area contributed by atoms with E-state index in [-0.39, 0.29) is 18.7 Å². The zero-order valence-corrected chi connectivity index (χ0v) is 7.69. The summed E-state index contributed by atoms with van der Waals surface area (Å²) < 4.78 is 4.90. The van der Waals surface area contributed by atoms with E-state index in [0.717, 1.165) is 6.42 Å².